The predicted octanol–water partition coefficient (Wildman–Crippen LogP) is 2.58. The number of hydrogen-bond acceptors (Lipinski definition) is 3. The number of phenolic OH excluding ortho intramolecular Hbond substituents is 1. The number of aliphatic imine (C=N–C) groups is 1. The summed E-state index contributed by atoms with van der Waals surface area (Å²) in [5.74, 6) is 0.358. The van der Waals surface area contributed by atoms with Crippen molar-refractivity contribution in [1.29, 1.82) is 0 Å². The molecule has 1 aliphatic heterocycles. The maximum atomic E-state index is 12.6. The highest BCUT2D eigenvalue weighted by molar-refractivity contribution is 5.82. The molecular weight excluding hydrogens is 295 g/mol. The van der Waals surface area contributed by atoms with Crippen LogP contribution in [-0.2, 0) is 6.18 Å². The highest BCUT2D eigenvalue weighted by Gasteiger charge is 2.32. The van der Waals surface area contributed by atoms with Gasteiger partial charge in [0.05, 0.1) is 12.1 Å². The van der Waals surface area contributed by atoms with Gasteiger partial charge in [-0.15, -0.1) is 0 Å². The van der Waals surface area contributed by atoms with E-state index in [4.69, 9.17) is 5.73 Å². The highest BCUT2D eigenvalue weighted by Crippen LogP contribution is 2.38. The molecule has 1 aromatic carbocycles. The van der Waals surface area contributed by atoms with E-state index in [0.29, 0.717) is 17.9 Å². The number of nitrogens with two attached hydrogens (primary N) is 1. The average Bonchev–Trinajstić information content (AvgIpc) is 2.47. The van der Waals surface area contributed by atoms with Crippen molar-refractivity contribution in [3.05, 3.63) is 29.3 Å². The number of nitrogens with zero attached hydrogens (tertiary/aromatic N) is 2. The summed E-state index contributed by atoms with van der Waals surface area (Å²) in [6.45, 7) is 2.16. The molecule has 0 spiro atoms. The van der Waals surface area contributed by atoms with Crippen LogP contribution in [0.5, 0.6) is 5.75 Å². The zero-order chi connectivity index (χ0) is 16.3. The Morgan fingerprint density at radius 2 is 2.00 bits per heavy atom. The second-order valence-electron chi connectivity index (χ2n) is 5.54. The molecule has 0 aromatic heterocycles. The summed E-state index contributed by atoms with van der Waals surface area (Å²) >= 11 is 0. The number of benzene rings is 1. The van der Waals surface area contributed by atoms with Crippen LogP contribution in [0.25, 0.3) is 0 Å². The van der Waals surface area contributed by atoms with E-state index >= 15 is 0 Å². The number of hydrogen-bond donors (Lipinski definition) is 2. The molecule has 3 N–H and O–H groups in total. The van der Waals surface area contributed by atoms with Gasteiger partial charge in [-0.25, -0.2) is 0 Å². The van der Waals surface area contributed by atoms with E-state index in [9.17, 15) is 18.3 Å². The van der Waals surface area contributed by atoms with Gasteiger partial charge in [-0.3, -0.25) is 9.89 Å². The molecule has 0 aliphatic carbocycles. The molecule has 22 heavy (non-hydrogen) atoms. The summed E-state index contributed by atoms with van der Waals surface area (Å²) in [5, 5.41) is 9.90. The minimum atomic E-state index is -4.43. The Labute approximate surface area is 127 Å². The molecule has 7 heteroatoms. The number of rotatable bonds is 3. The molecule has 0 amide bonds. The Bertz CT molecular complexity index is 549. The van der Waals surface area contributed by atoms with E-state index in [0.717, 1.165) is 38.1 Å². The molecule has 122 valence electrons. The molecule has 0 radical (unpaired) electrons. The normalized spacial score (nSPS) is 18.6. The molecule has 1 heterocycles. The van der Waals surface area contributed by atoms with Crippen LogP contribution >= 0.6 is 0 Å². The van der Waals surface area contributed by atoms with Crippen LogP contribution < -0.4 is 5.73 Å². The third kappa shape index (κ3) is 3.91. The lowest BCUT2D eigenvalue weighted by molar-refractivity contribution is -0.137. The number of likely N-dealkylation sites (tertiary alicyclic amines) is 1. The highest BCUT2D eigenvalue weighted by atomic mass is 19.4. The third-order valence-electron chi connectivity index (χ3n) is 4.06. The van der Waals surface area contributed by atoms with Gasteiger partial charge >= 0.3 is 6.18 Å². The van der Waals surface area contributed by atoms with Gasteiger partial charge in [-0.2, -0.15) is 13.2 Å². The molecule has 1 saturated heterocycles. The van der Waals surface area contributed by atoms with Crippen LogP contribution in [-0.4, -0.2) is 42.5 Å². The van der Waals surface area contributed by atoms with Crippen LogP contribution in [0.4, 0.5) is 13.2 Å². The van der Waals surface area contributed by atoms with Gasteiger partial charge in [0.1, 0.15) is 11.6 Å². The second kappa shape index (κ2) is 6.56. The van der Waals surface area contributed by atoms with Gasteiger partial charge in [0.2, 0.25) is 0 Å². The molecule has 0 saturated carbocycles. The molecule has 2 rings (SSSR count). The maximum absolute atomic E-state index is 12.6. The third-order valence-corrected chi connectivity index (χ3v) is 4.06. The van der Waals surface area contributed by atoms with Crippen molar-refractivity contribution in [2.75, 3.05) is 26.7 Å². The first-order chi connectivity index (χ1) is 10.3. The van der Waals surface area contributed by atoms with Crippen LogP contribution in [0, 0.1) is 0 Å². The smallest absolute Gasteiger partial charge is 0.416 e. The van der Waals surface area contributed by atoms with Gasteiger partial charge in [-0.05, 0) is 49.5 Å². The minimum absolute atomic E-state index is 0.0679. The lowest BCUT2D eigenvalue weighted by Gasteiger charge is -2.32. The largest absolute Gasteiger partial charge is 0.508 e. The summed E-state index contributed by atoms with van der Waals surface area (Å²) in [4.78, 5) is 6.07. The summed E-state index contributed by atoms with van der Waals surface area (Å²) in [5.41, 5.74) is 5.46. The minimum Gasteiger partial charge on any atom is -0.508 e. The zero-order valence-corrected chi connectivity index (χ0v) is 12.4. The van der Waals surface area contributed by atoms with Crippen molar-refractivity contribution < 1.29 is 18.3 Å². The van der Waals surface area contributed by atoms with E-state index in [1.54, 1.807) is 7.05 Å². The summed E-state index contributed by atoms with van der Waals surface area (Å²) in [6, 6.07) is 3.23. The van der Waals surface area contributed by atoms with Crippen LogP contribution in [0.15, 0.2) is 23.2 Å². The first kappa shape index (κ1) is 16.6. The monoisotopic (exact) mass is 315 g/mol. The van der Waals surface area contributed by atoms with Crippen LogP contribution in [0.3, 0.4) is 0 Å². The molecule has 0 atom stereocenters. The first-order valence-electron chi connectivity index (χ1n) is 7.15. The first-order valence-corrected chi connectivity index (χ1v) is 7.15. The molecule has 0 unspecified atom stereocenters. The van der Waals surface area contributed by atoms with E-state index in [1.165, 1.54) is 6.07 Å². The Morgan fingerprint density at radius 1 is 1.36 bits per heavy atom. The Balaban J connectivity index is 2.03. The summed E-state index contributed by atoms with van der Waals surface area (Å²) in [7, 11) is 1.64. The lowest BCUT2D eigenvalue weighted by atomic mass is 9.88. The molecule has 0 bridgehead atoms. The summed E-state index contributed by atoms with van der Waals surface area (Å²) < 4.78 is 37.8. The van der Waals surface area contributed by atoms with Gasteiger partial charge in [-0.1, -0.05) is 6.07 Å². The number of halogens is 3. The average molecular weight is 315 g/mol. The Hall–Kier alpha value is -1.76. The van der Waals surface area contributed by atoms with Crippen molar-refractivity contribution in [3.8, 4) is 5.75 Å². The molecule has 4 nitrogen and oxygen atoms in total. The quantitative estimate of drug-likeness (QED) is 0.666. The van der Waals surface area contributed by atoms with E-state index in [-0.39, 0.29) is 11.7 Å². The number of alkyl halides is 3. The van der Waals surface area contributed by atoms with Crippen LogP contribution in [0.1, 0.15) is 29.9 Å². The number of amidine groups is 1. The summed E-state index contributed by atoms with van der Waals surface area (Å²) in [6.07, 6.45) is -2.89. The SMILES string of the molecule is CN=C(N)CN1CCC(c2ccc(C(F)(F)F)cc2O)CC1. The fourth-order valence-corrected chi connectivity index (χ4v) is 2.77. The number of piperidine rings is 1. The van der Waals surface area contributed by atoms with Gasteiger partial charge in [0.15, 0.2) is 0 Å². The molecular formula is C15H20F3N3O. The molecule has 1 aliphatic rings. The Morgan fingerprint density at radius 3 is 2.50 bits per heavy atom. The van der Waals surface area contributed by atoms with Crippen LogP contribution in [0.2, 0.25) is 0 Å². The van der Waals surface area contributed by atoms with E-state index < -0.39 is 11.7 Å². The van der Waals surface area contributed by atoms with E-state index in [1.807, 2.05) is 0 Å². The van der Waals surface area contributed by atoms with Gasteiger partial charge < -0.3 is 10.8 Å². The Kier molecular flexibility index (Phi) is 4.95. The number of phenols is 1. The molecule has 1 fully saturated rings. The maximum Gasteiger partial charge on any atom is 0.416 e. The second-order valence-corrected chi connectivity index (χ2v) is 5.54. The van der Waals surface area contributed by atoms with E-state index in [2.05, 4.69) is 9.89 Å². The predicted molar refractivity (Wildman–Crippen MR) is 79.1 cm³/mol. The fraction of sp³-hybridized carbons (Fsp3) is 0.533. The van der Waals surface area contributed by atoms with Crippen molar-refractivity contribution in [1.82, 2.24) is 4.90 Å². The van der Waals surface area contributed by atoms with Gasteiger partial charge in [0, 0.05) is 7.05 Å². The lowest BCUT2D eigenvalue weighted by Crippen LogP contribution is -2.39. The zero-order valence-electron chi connectivity index (χ0n) is 12.4. The topological polar surface area (TPSA) is 61.8 Å². The number of aromatic hydroxyl groups is 1. The van der Waals surface area contributed by atoms with Crippen molar-refractivity contribution in [2.45, 2.75) is 24.9 Å². The standard InChI is InChI=1S/C15H20F3N3O/c1-20-14(19)9-21-6-4-10(5-7-21)12-3-2-11(8-13(12)22)15(16,17)18/h2-3,8,10,22H,4-7,9H2,1H3,(H2,19,20). The van der Waals surface area contributed by atoms with Crippen molar-refractivity contribution in [2.24, 2.45) is 10.7 Å². The van der Waals surface area contributed by atoms with Gasteiger partial charge in [0.25, 0.3) is 0 Å². The van der Waals surface area contributed by atoms with Crippen molar-refractivity contribution in [3.63, 3.8) is 0 Å². The molecule has 1 aromatic rings. The van der Waals surface area contributed by atoms with Crippen molar-refractivity contribution >= 4 is 5.84 Å². The fourth-order valence-electron chi connectivity index (χ4n) is 2.77.